The van der Waals surface area contributed by atoms with Gasteiger partial charge in [-0.3, -0.25) is 0 Å². The van der Waals surface area contributed by atoms with Gasteiger partial charge in [0.15, 0.2) is 0 Å². The molecule has 0 radical (unpaired) electrons. The molecule has 50 heavy (non-hydrogen) atoms. The summed E-state index contributed by atoms with van der Waals surface area (Å²) in [5, 5.41) is 41.5. The summed E-state index contributed by atoms with van der Waals surface area (Å²) in [6, 6.07) is 48.2. The lowest BCUT2D eigenvalue weighted by molar-refractivity contribution is 1.30. The number of rotatable bonds is 4. The fourth-order valence-corrected chi connectivity index (χ4v) is 6.39. The van der Waals surface area contributed by atoms with Gasteiger partial charge in [0.1, 0.15) is 0 Å². The number of hydrogen-bond donors (Lipinski definition) is 0. The Labute approximate surface area is 286 Å². The number of benzene rings is 6. The third-order valence-corrected chi connectivity index (χ3v) is 8.73. The Morgan fingerprint density at radius 3 is 1.48 bits per heavy atom. The summed E-state index contributed by atoms with van der Waals surface area (Å²) in [6.07, 6.45) is 0. The summed E-state index contributed by atoms with van der Waals surface area (Å²) in [5.74, 6) is 0. The molecule has 0 bridgehead atoms. The molecule has 0 spiro atoms. The molecule has 0 saturated carbocycles. The Balaban J connectivity index is 1.60. The minimum absolute atomic E-state index is 0.349. The van der Waals surface area contributed by atoms with Gasteiger partial charge < -0.3 is 0 Å². The molecular weight excluding hydrogens is 615 g/mol. The molecule has 0 aliphatic carbocycles. The van der Waals surface area contributed by atoms with Crippen molar-refractivity contribution in [3.05, 3.63) is 150 Å². The van der Waals surface area contributed by atoms with Crippen LogP contribution in [0, 0.1) is 45.3 Å². The quantitative estimate of drug-likeness (QED) is 0.176. The monoisotopic (exact) mass is 635 g/mol. The van der Waals surface area contributed by atoms with E-state index in [1.165, 1.54) is 0 Å². The zero-order valence-electron chi connectivity index (χ0n) is 26.3. The molecule has 0 saturated heterocycles. The Hall–Kier alpha value is -7.71. The Morgan fingerprint density at radius 1 is 0.380 bits per heavy atom. The van der Waals surface area contributed by atoms with E-state index >= 15 is 0 Å². The molecule has 8 rings (SSSR count). The fraction of sp³-hybridized carbons (Fsp3) is 0. The maximum Gasteiger partial charge on any atom is 0.0992 e. The van der Waals surface area contributed by atoms with Crippen LogP contribution in [-0.2, 0) is 0 Å². The molecule has 8 aromatic rings. The van der Waals surface area contributed by atoms with E-state index in [9.17, 15) is 21.0 Å². The molecule has 0 fully saturated rings. The van der Waals surface area contributed by atoms with Gasteiger partial charge in [-0.1, -0.05) is 72.8 Å². The molecule has 2 heterocycles. The number of pyridine rings is 1. The van der Waals surface area contributed by atoms with Crippen molar-refractivity contribution in [3.8, 4) is 69.2 Å². The molecule has 6 aromatic carbocycles. The second-order valence-electron chi connectivity index (χ2n) is 11.7. The molecule has 0 atom stereocenters. The molecule has 0 aliphatic rings. The van der Waals surface area contributed by atoms with E-state index in [4.69, 9.17) is 15.0 Å². The van der Waals surface area contributed by atoms with Gasteiger partial charge in [0.2, 0.25) is 0 Å². The third kappa shape index (κ3) is 5.02. The Bertz CT molecular complexity index is 2800. The van der Waals surface area contributed by atoms with Crippen molar-refractivity contribution in [3.63, 3.8) is 0 Å². The normalized spacial score (nSPS) is 10.7. The van der Waals surface area contributed by atoms with E-state index < -0.39 is 0 Å². The van der Waals surface area contributed by atoms with Gasteiger partial charge in [-0.15, -0.1) is 0 Å². The van der Waals surface area contributed by atoms with Crippen molar-refractivity contribution in [1.29, 1.82) is 21.0 Å². The molecular formula is C43H21N7. The Morgan fingerprint density at radius 2 is 0.900 bits per heavy atom. The van der Waals surface area contributed by atoms with Crippen LogP contribution in [-0.4, -0.2) is 15.0 Å². The summed E-state index contributed by atoms with van der Waals surface area (Å²) < 4.78 is 0. The smallest absolute Gasteiger partial charge is 0.0992 e. The molecule has 7 nitrogen and oxygen atoms in total. The van der Waals surface area contributed by atoms with E-state index in [0.29, 0.717) is 55.8 Å². The minimum atomic E-state index is 0.349. The van der Waals surface area contributed by atoms with Crippen LogP contribution >= 0.6 is 0 Å². The van der Waals surface area contributed by atoms with E-state index in [0.717, 1.165) is 44.1 Å². The number of fused-ring (bicyclic) bond motifs is 5. The summed E-state index contributed by atoms with van der Waals surface area (Å²) >= 11 is 0. The zero-order valence-corrected chi connectivity index (χ0v) is 26.3. The van der Waals surface area contributed by atoms with Crippen molar-refractivity contribution in [2.45, 2.75) is 0 Å². The van der Waals surface area contributed by atoms with Gasteiger partial charge in [-0.2, -0.15) is 21.0 Å². The number of aromatic nitrogens is 3. The van der Waals surface area contributed by atoms with E-state index in [-0.39, 0.29) is 0 Å². The highest BCUT2D eigenvalue weighted by Crippen LogP contribution is 2.43. The fourth-order valence-electron chi connectivity index (χ4n) is 6.39. The van der Waals surface area contributed by atoms with Crippen LogP contribution in [0.2, 0.25) is 0 Å². The summed E-state index contributed by atoms with van der Waals surface area (Å²) in [4.78, 5) is 16.0. The van der Waals surface area contributed by atoms with Gasteiger partial charge in [0.05, 0.1) is 80.2 Å². The average Bonchev–Trinajstić information content (AvgIpc) is 3.19. The largest absolute Gasteiger partial charge is 0.247 e. The van der Waals surface area contributed by atoms with E-state index in [1.807, 2.05) is 84.9 Å². The average molecular weight is 636 g/mol. The first-order chi connectivity index (χ1) is 24.6. The van der Waals surface area contributed by atoms with Crippen molar-refractivity contribution in [1.82, 2.24) is 15.0 Å². The highest BCUT2D eigenvalue weighted by molar-refractivity contribution is 6.24. The second-order valence-corrected chi connectivity index (χ2v) is 11.7. The van der Waals surface area contributed by atoms with Gasteiger partial charge in [-0.05, 0) is 60.2 Å². The third-order valence-electron chi connectivity index (χ3n) is 8.73. The molecule has 0 N–H and O–H groups in total. The summed E-state index contributed by atoms with van der Waals surface area (Å²) in [5.41, 5.74) is 9.40. The van der Waals surface area contributed by atoms with Crippen LogP contribution in [0.3, 0.4) is 0 Å². The first-order valence-electron chi connectivity index (χ1n) is 15.7. The van der Waals surface area contributed by atoms with Crippen LogP contribution < -0.4 is 0 Å². The first kappa shape index (κ1) is 29.7. The predicted molar refractivity (Wildman–Crippen MR) is 193 cm³/mol. The molecule has 0 aliphatic heterocycles. The van der Waals surface area contributed by atoms with Crippen LogP contribution in [0.5, 0.6) is 0 Å². The van der Waals surface area contributed by atoms with Gasteiger partial charge in [0, 0.05) is 38.4 Å². The van der Waals surface area contributed by atoms with Crippen LogP contribution in [0.4, 0.5) is 0 Å². The lowest BCUT2D eigenvalue weighted by atomic mass is 9.92. The molecule has 0 amide bonds. The maximum atomic E-state index is 9.92. The van der Waals surface area contributed by atoms with Gasteiger partial charge in [0.25, 0.3) is 0 Å². The molecule has 2 aromatic heterocycles. The SMILES string of the molecule is N#Cc1ccc(-c2nc3c(-c4cc(C#N)cc(C#N)c4)cc4c(-c5ccccc5)nc5ccccc5c4c3nc2-c2ccc(C#N)cc2)cc1. The van der Waals surface area contributed by atoms with Crippen molar-refractivity contribution >= 4 is 32.7 Å². The maximum absolute atomic E-state index is 9.92. The minimum Gasteiger partial charge on any atom is -0.247 e. The number of para-hydroxylation sites is 1. The van der Waals surface area contributed by atoms with E-state index in [2.05, 4.69) is 24.3 Å². The first-order valence-corrected chi connectivity index (χ1v) is 15.7. The van der Waals surface area contributed by atoms with Crippen molar-refractivity contribution < 1.29 is 0 Å². The predicted octanol–water partition coefficient (Wildman–Crippen LogP) is 9.49. The number of nitriles is 4. The standard InChI is InChI=1S/C43H21N7/c44-22-26-10-14-31(15-11-26)40-41(32-16-12-27(23-45)13-17-32)50-43-38-34-8-4-5-9-37(34)48-39(30-6-2-1-3-7-30)36(38)21-35(42(43)49-40)33-19-28(24-46)18-29(20-33)25-47/h1-21H. The molecule has 228 valence electrons. The number of hydrogen-bond acceptors (Lipinski definition) is 7. The van der Waals surface area contributed by atoms with Crippen LogP contribution in [0.25, 0.3) is 77.6 Å². The molecule has 7 heteroatoms. The van der Waals surface area contributed by atoms with E-state index in [1.54, 1.807) is 42.5 Å². The van der Waals surface area contributed by atoms with Gasteiger partial charge >= 0.3 is 0 Å². The van der Waals surface area contributed by atoms with Crippen LogP contribution in [0.15, 0.2) is 127 Å². The lowest BCUT2D eigenvalue weighted by Crippen LogP contribution is -2.00. The summed E-state index contributed by atoms with van der Waals surface area (Å²) in [6.45, 7) is 0. The topological polar surface area (TPSA) is 134 Å². The van der Waals surface area contributed by atoms with Gasteiger partial charge in [-0.25, -0.2) is 15.0 Å². The summed E-state index contributed by atoms with van der Waals surface area (Å²) in [7, 11) is 0. The number of nitrogens with zero attached hydrogens (tertiary/aromatic N) is 7. The second kappa shape index (κ2) is 12.1. The lowest BCUT2D eigenvalue weighted by Gasteiger charge is -2.18. The van der Waals surface area contributed by atoms with Crippen molar-refractivity contribution in [2.24, 2.45) is 0 Å². The molecule has 0 unspecified atom stereocenters. The van der Waals surface area contributed by atoms with Crippen molar-refractivity contribution in [2.75, 3.05) is 0 Å². The Kier molecular flexibility index (Phi) is 7.21. The highest BCUT2D eigenvalue weighted by atomic mass is 14.8. The highest BCUT2D eigenvalue weighted by Gasteiger charge is 2.22. The van der Waals surface area contributed by atoms with Crippen LogP contribution in [0.1, 0.15) is 22.3 Å². The zero-order chi connectivity index (χ0) is 34.2.